The molecule has 4 nitrogen and oxygen atoms in total. The number of amides is 1. The van der Waals surface area contributed by atoms with Crippen molar-refractivity contribution in [3.63, 3.8) is 0 Å². The highest BCUT2D eigenvalue weighted by Gasteiger charge is 2.30. The molecular formula is C22H23N3O. The number of pyridine rings is 2. The molecule has 4 rings (SSSR count). The Balaban J connectivity index is 1.86. The maximum Gasteiger partial charge on any atom is 0.255 e. The first kappa shape index (κ1) is 16.7. The summed E-state index contributed by atoms with van der Waals surface area (Å²) in [6.07, 6.45) is 6.82. The Bertz CT molecular complexity index is 929. The van der Waals surface area contributed by atoms with Crippen molar-refractivity contribution >= 4 is 16.8 Å². The first-order chi connectivity index (χ1) is 12.6. The fourth-order valence-corrected chi connectivity index (χ4v) is 3.98. The molecule has 2 unspecified atom stereocenters. The lowest BCUT2D eigenvalue weighted by Gasteiger charge is -2.39. The molecule has 0 bridgehead atoms. The molecule has 2 atom stereocenters. The van der Waals surface area contributed by atoms with E-state index < -0.39 is 0 Å². The average Bonchev–Trinajstić information content (AvgIpc) is 2.67. The zero-order chi connectivity index (χ0) is 18.1. The zero-order valence-corrected chi connectivity index (χ0v) is 15.2. The number of nitrogens with zero attached hydrogens (tertiary/aromatic N) is 3. The van der Waals surface area contributed by atoms with Crippen molar-refractivity contribution in [3.05, 3.63) is 60.4 Å². The SMILES string of the molecule is CC1CCCC(C)N1C(=O)c1cc(-c2ccncc2)nc2ccccc12. The van der Waals surface area contributed by atoms with Gasteiger partial charge in [0.1, 0.15) is 0 Å². The lowest BCUT2D eigenvalue weighted by molar-refractivity contribution is 0.0513. The summed E-state index contributed by atoms with van der Waals surface area (Å²) >= 11 is 0. The molecule has 1 saturated heterocycles. The number of aromatic nitrogens is 2. The largest absolute Gasteiger partial charge is 0.333 e. The van der Waals surface area contributed by atoms with E-state index in [-0.39, 0.29) is 18.0 Å². The third kappa shape index (κ3) is 2.96. The summed E-state index contributed by atoms with van der Waals surface area (Å²) in [7, 11) is 0. The Kier molecular flexibility index (Phi) is 4.41. The molecule has 1 aromatic carbocycles. The molecular weight excluding hydrogens is 322 g/mol. The van der Waals surface area contributed by atoms with Crippen molar-refractivity contribution in [2.75, 3.05) is 0 Å². The van der Waals surface area contributed by atoms with Crippen LogP contribution in [0, 0.1) is 0 Å². The summed E-state index contributed by atoms with van der Waals surface area (Å²) in [6.45, 7) is 4.31. The third-order valence-electron chi connectivity index (χ3n) is 5.35. The van der Waals surface area contributed by atoms with Gasteiger partial charge in [-0.05, 0) is 57.4 Å². The Morgan fingerprint density at radius 1 is 1.04 bits per heavy atom. The second kappa shape index (κ2) is 6.87. The molecule has 1 amide bonds. The molecule has 1 fully saturated rings. The standard InChI is InChI=1S/C22H23N3O/c1-15-6-5-7-16(2)25(15)22(26)19-14-21(17-10-12-23-13-11-17)24-20-9-4-3-8-18(19)20/h3-4,8-16H,5-7H2,1-2H3. The number of para-hydroxylation sites is 1. The summed E-state index contributed by atoms with van der Waals surface area (Å²) in [4.78, 5) is 24.4. The molecule has 0 spiro atoms. The molecule has 26 heavy (non-hydrogen) atoms. The number of hydrogen-bond acceptors (Lipinski definition) is 3. The van der Waals surface area contributed by atoms with E-state index in [0.29, 0.717) is 0 Å². The smallest absolute Gasteiger partial charge is 0.255 e. The number of piperidine rings is 1. The Morgan fingerprint density at radius 3 is 2.46 bits per heavy atom. The molecule has 4 heteroatoms. The summed E-state index contributed by atoms with van der Waals surface area (Å²) in [6, 6.07) is 14.2. The molecule has 0 radical (unpaired) electrons. The van der Waals surface area contributed by atoms with Gasteiger partial charge in [0.15, 0.2) is 0 Å². The second-order valence-electron chi connectivity index (χ2n) is 7.15. The Morgan fingerprint density at radius 2 is 1.73 bits per heavy atom. The minimum Gasteiger partial charge on any atom is -0.333 e. The van der Waals surface area contributed by atoms with Crippen LogP contribution < -0.4 is 0 Å². The second-order valence-corrected chi connectivity index (χ2v) is 7.15. The minimum atomic E-state index is 0.110. The number of fused-ring (bicyclic) bond motifs is 1. The van der Waals surface area contributed by atoms with Crippen molar-refractivity contribution in [2.24, 2.45) is 0 Å². The lowest BCUT2D eigenvalue weighted by atomic mass is 9.95. The van der Waals surface area contributed by atoms with Crippen molar-refractivity contribution in [2.45, 2.75) is 45.2 Å². The van der Waals surface area contributed by atoms with Crippen LogP contribution in [0.5, 0.6) is 0 Å². The number of carbonyl (C=O) groups excluding carboxylic acids is 1. The van der Waals surface area contributed by atoms with Crippen molar-refractivity contribution in [1.29, 1.82) is 0 Å². The predicted molar refractivity (Wildman–Crippen MR) is 104 cm³/mol. The van der Waals surface area contributed by atoms with Gasteiger partial charge in [-0.2, -0.15) is 0 Å². The summed E-state index contributed by atoms with van der Waals surface area (Å²) in [5.74, 6) is 0.110. The van der Waals surface area contributed by atoms with Gasteiger partial charge >= 0.3 is 0 Å². The molecule has 3 heterocycles. The van der Waals surface area contributed by atoms with Gasteiger partial charge in [0.2, 0.25) is 0 Å². The minimum absolute atomic E-state index is 0.110. The Labute approximate surface area is 153 Å². The van der Waals surface area contributed by atoms with Gasteiger partial charge in [-0.15, -0.1) is 0 Å². The van der Waals surface area contributed by atoms with Gasteiger partial charge in [-0.1, -0.05) is 18.2 Å². The molecule has 132 valence electrons. The van der Waals surface area contributed by atoms with E-state index >= 15 is 0 Å². The molecule has 1 aliphatic rings. The van der Waals surface area contributed by atoms with Gasteiger partial charge in [0.05, 0.1) is 16.8 Å². The molecule has 1 aliphatic heterocycles. The highest BCUT2D eigenvalue weighted by molar-refractivity contribution is 6.07. The van der Waals surface area contributed by atoms with Gasteiger partial charge < -0.3 is 4.90 Å². The third-order valence-corrected chi connectivity index (χ3v) is 5.35. The molecule has 3 aromatic rings. The van der Waals surface area contributed by atoms with Crippen LogP contribution in [0.15, 0.2) is 54.9 Å². The quantitative estimate of drug-likeness (QED) is 0.676. The monoisotopic (exact) mass is 345 g/mol. The number of carbonyl (C=O) groups is 1. The molecule has 2 aromatic heterocycles. The van der Waals surface area contributed by atoms with Crippen LogP contribution in [0.25, 0.3) is 22.2 Å². The fourth-order valence-electron chi connectivity index (χ4n) is 3.98. The maximum absolute atomic E-state index is 13.5. The number of likely N-dealkylation sites (tertiary alicyclic amines) is 1. The van der Waals surface area contributed by atoms with Crippen LogP contribution in [0.4, 0.5) is 0 Å². The average molecular weight is 345 g/mol. The van der Waals surface area contributed by atoms with E-state index in [1.165, 1.54) is 6.42 Å². The van der Waals surface area contributed by atoms with Crippen molar-refractivity contribution in [3.8, 4) is 11.3 Å². The predicted octanol–water partition coefficient (Wildman–Crippen LogP) is 4.70. The summed E-state index contributed by atoms with van der Waals surface area (Å²) < 4.78 is 0. The van der Waals surface area contributed by atoms with Crippen molar-refractivity contribution < 1.29 is 4.79 Å². The van der Waals surface area contributed by atoms with E-state index in [0.717, 1.165) is 40.6 Å². The normalized spacial score (nSPS) is 20.3. The first-order valence-electron chi connectivity index (χ1n) is 9.28. The fraction of sp³-hybridized carbons (Fsp3) is 0.318. The molecule has 0 N–H and O–H groups in total. The maximum atomic E-state index is 13.5. The van der Waals surface area contributed by atoms with Crippen LogP contribution in [0.1, 0.15) is 43.5 Å². The first-order valence-corrected chi connectivity index (χ1v) is 9.28. The molecule has 0 aliphatic carbocycles. The number of benzene rings is 1. The van der Waals surface area contributed by atoms with E-state index in [9.17, 15) is 4.79 Å². The highest BCUT2D eigenvalue weighted by atomic mass is 16.2. The van der Waals surface area contributed by atoms with Crippen LogP contribution in [-0.4, -0.2) is 32.9 Å². The highest BCUT2D eigenvalue weighted by Crippen LogP contribution is 2.29. The van der Waals surface area contributed by atoms with Crippen molar-refractivity contribution in [1.82, 2.24) is 14.9 Å². The molecule has 0 saturated carbocycles. The van der Waals surface area contributed by atoms with Gasteiger partial charge in [0.25, 0.3) is 5.91 Å². The summed E-state index contributed by atoms with van der Waals surface area (Å²) in [5, 5.41) is 0.917. The van der Waals surface area contributed by atoms with E-state index in [1.54, 1.807) is 12.4 Å². The summed E-state index contributed by atoms with van der Waals surface area (Å²) in [5.41, 5.74) is 3.37. The van der Waals surface area contributed by atoms with E-state index in [1.807, 2.05) is 42.5 Å². The van der Waals surface area contributed by atoms with Crippen LogP contribution >= 0.6 is 0 Å². The van der Waals surface area contributed by atoms with Crippen LogP contribution in [0.3, 0.4) is 0 Å². The van der Waals surface area contributed by atoms with E-state index in [4.69, 9.17) is 4.98 Å². The zero-order valence-electron chi connectivity index (χ0n) is 15.2. The number of rotatable bonds is 2. The topological polar surface area (TPSA) is 46.1 Å². The lowest BCUT2D eigenvalue weighted by Crippen LogP contribution is -2.47. The Hall–Kier alpha value is -2.75. The van der Waals surface area contributed by atoms with Gasteiger partial charge in [0, 0.05) is 35.4 Å². The van der Waals surface area contributed by atoms with Gasteiger partial charge in [-0.25, -0.2) is 4.98 Å². The van der Waals surface area contributed by atoms with Crippen LogP contribution in [-0.2, 0) is 0 Å². The van der Waals surface area contributed by atoms with E-state index in [2.05, 4.69) is 23.7 Å². The van der Waals surface area contributed by atoms with Gasteiger partial charge in [-0.3, -0.25) is 9.78 Å². The van der Waals surface area contributed by atoms with Crippen LogP contribution in [0.2, 0.25) is 0 Å². The number of hydrogen-bond donors (Lipinski definition) is 0.